The highest BCUT2D eigenvalue weighted by atomic mass is 16.5. The first kappa shape index (κ1) is 13.8. The molecule has 0 heterocycles. The van der Waals surface area contributed by atoms with Crippen LogP contribution in [0.3, 0.4) is 0 Å². The molecule has 4 heteroatoms. The fourth-order valence-corrected chi connectivity index (χ4v) is 1.88. The Morgan fingerprint density at radius 2 is 1.59 bits per heavy atom. The lowest BCUT2D eigenvalue weighted by Gasteiger charge is -2.25. The highest BCUT2D eigenvalue weighted by Crippen LogP contribution is 2.34. The van der Waals surface area contributed by atoms with Gasteiger partial charge >= 0.3 is 0 Å². The van der Waals surface area contributed by atoms with Gasteiger partial charge in [-0.15, -0.1) is 0 Å². The van der Waals surface area contributed by atoms with E-state index in [1.54, 1.807) is 21.3 Å². The van der Waals surface area contributed by atoms with Gasteiger partial charge in [-0.3, -0.25) is 4.90 Å². The molecule has 17 heavy (non-hydrogen) atoms. The van der Waals surface area contributed by atoms with Crippen LogP contribution in [0.25, 0.3) is 0 Å². The molecule has 0 bridgehead atoms. The lowest BCUT2D eigenvalue weighted by molar-refractivity contribution is -0.00707. The van der Waals surface area contributed by atoms with E-state index in [1.165, 1.54) is 0 Å². The molecule has 0 fully saturated rings. The number of rotatable bonds is 5. The molecule has 1 unspecified atom stereocenters. The van der Waals surface area contributed by atoms with E-state index in [0.29, 0.717) is 0 Å². The number of hydrogen-bond donors (Lipinski definition) is 0. The summed E-state index contributed by atoms with van der Waals surface area (Å²) in [5.41, 5.74) is 2.00. The summed E-state index contributed by atoms with van der Waals surface area (Å²) in [5.74, 6) is 1.65. The number of benzene rings is 1. The molecule has 0 saturated heterocycles. The second-order valence-electron chi connectivity index (χ2n) is 4.12. The monoisotopic (exact) mass is 239 g/mol. The number of hydrogen-bond acceptors (Lipinski definition) is 4. The van der Waals surface area contributed by atoms with E-state index in [4.69, 9.17) is 14.2 Å². The SMILES string of the molecule is COc1cc(C(OC)N(C)C)c(OC)cc1C. The minimum absolute atomic E-state index is 0.153. The zero-order valence-corrected chi connectivity index (χ0v) is 11.4. The van der Waals surface area contributed by atoms with Crippen LogP contribution in [0.4, 0.5) is 0 Å². The Bertz CT molecular complexity index is 377. The van der Waals surface area contributed by atoms with Crippen molar-refractivity contribution >= 4 is 0 Å². The molecule has 0 N–H and O–H groups in total. The Morgan fingerprint density at radius 3 is 2.00 bits per heavy atom. The lowest BCUT2D eigenvalue weighted by atomic mass is 10.1. The van der Waals surface area contributed by atoms with Gasteiger partial charge in [0.25, 0.3) is 0 Å². The summed E-state index contributed by atoms with van der Waals surface area (Å²) in [5, 5.41) is 0. The average Bonchev–Trinajstić information content (AvgIpc) is 2.30. The quantitative estimate of drug-likeness (QED) is 0.737. The molecular formula is C13H21NO3. The molecule has 96 valence electrons. The molecule has 0 amide bonds. The fourth-order valence-electron chi connectivity index (χ4n) is 1.88. The van der Waals surface area contributed by atoms with Gasteiger partial charge in [-0.2, -0.15) is 0 Å². The number of nitrogens with zero attached hydrogens (tertiary/aromatic N) is 1. The van der Waals surface area contributed by atoms with Crippen LogP contribution in [0.15, 0.2) is 12.1 Å². The first-order chi connectivity index (χ1) is 8.04. The van der Waals surface area contributed by atoms with Crippen molar-refractivity contribution < 1.29 is 14.2 Å². The van der Waals surface area contributed by atoms with E-state index in [-0.39, 0.29) is 6.23 Å². The summed E-state index contributed by atoms with van der Waals surface area (Å²) >= 11 is 0. The fraction of sp³-hybridized carbons (Fsp3) is 0.538. The predicted molar refractivity (Wildman–Crippen MR) is 67.7 cm³/mol. The van der Waals surface area contributed by atoms with E-state index in [0.717, 1.165) is 22.6 Å². The van der Waals surface area contributed by atoms with Gasteiger partial charge in [0.1, 0.15) is 17.7 Å². The van der Waals surface area contributed by atoms with Gasteiger partial charge in [0.15, 0.2) is 0 Å². The Labute approximate surface area is 103 Å². The highest BCUT2D eigenvalue weighted by molar-refractivity contribution is 5.46. The molecule has 1 atom stereocenters. The van der Waals surface area contributed by atoms with Crippen LogP contribution in [0.2, 0.25) is 0 Å². The first-order valence-corrected chi connectivity index (χ1v) is 5.46. The maximum absolute atomic E-state index is 5.47. The van der Waals surface area contributed by atoms with Crippen LogP contribution in [-0.4, -0.2) is 40.3 Å². The van der Waals surface area contributed by atoms with Crippen molar-refractivity contribution in [3.05, 3.63) is 23.3 Å². The Kier molecular flexibility index (Phi) is 4.78. The zero-order chi connectivity index (χ0) is 13.0. The Morgan fingerprint density at radius 1 is 1.00 bits per heavy atom. The van der Waals surface area contributed by atoms with Crippen molar-refractivity contribution in [2.75, 3.05) is 35.4 Å². The van der Waals surface area contributed by atoms with Gasteiger partial charge in [-0.1, -0.05) is 0 Å². The van der Waals surface area contributed by atoms with Crippen molar-refractivity contribution in [2.45, 2.75) is 13.2 Å². The van der Waals surface area contributed by atoms with Crippen molar-refractivity contribution in [3.8, 4) is 11.5 Å². The van der Waals surface area contributed by atoms with Crippen LogP contribution in [-0.2, 0) is 4.74 Å². The molecule has 0 radical (unpaired) electrons. The molecule has 0 aliphatic carbocycles. The van der Waals surface area contributed by atoms with Crippen molar-refractivity contribution in [1.82, 2.24) is 4.90 Å². The van der Waals surface area contributed by atoms with Crippen LogP contribution in [0.5, 0.6) is 11.5 Å². The third kappa shape index (κ3) is 2.90. The van der Waals surface area contributed by atoms with Crippen molar-refractivity contribution in [1.29, 1.82) is 0 Å². The van der Waals surface area contributed by atoms with Gasteiger partial charge in [0.2, 0.25) is 0 Å². The van der Waals surface area contributed by atoms with Gasteiger partial charge < -0.3 is 14.2 Å². The van der Waals surface area contributed by atoms with Crippen LogP contribution in [0, 0.1) is 6.92 Å². The third-order valence-electron chi connectivity index (χ3n) is 2.71. The highest BCUT2D eigenvalue weighted by Gasteiger charge is 2.19. The summed E-state index contributed by atoms with van der Waals surface area (Å²) in [6.07, 6.45) is -0.153. The van der Waals surface area contributed by atoms with Crippen LogP contribution in [0.1, 0.15) is 17.4 Å². The molecule has 0 aliphatic rings. The molecule has 1 rings (SSSR count). The van der Waals surface area contributed by atoms with E-state index in [2.05, 4.69) is 0 Å². The van der Waals surface area contributed by atoms with Crippen molar-refractivity contribution in [2.24, 2.45) is 0 Å². The molecule has 0 saturated carbocycles. The molecule has 0 aliphatic heterocycles. The third-order valence-corrected chi connectivity index (χ3v) is 2.71. The van der Waals surface area contributed by atoms with Gasteiger partial charge in [-0.05, 0) is 38.7 Å². The molecule has 0 spiro atoms. The summed E-state index contributed by atoms with van der Waals surface area (Å²) in [6, 6.07) is 3.92. The Balaban J connectivity index is 3.28. The first-order valence-electron chi connectivity index (χ1n) is 5.46. The summed E-state index contributed by atoms with van der Waals surface area (Å²) in [4.78, 5) is 1.98. The van der Waals surface area contributed by atoms with E-state index < -0.39 is 0 Å². The Hall–Kier alpha value is -1.26. The second kappa shape index (κ2) is 5.89. The lowest BCUT2D eigenvalue weighted by Crippen LogP contribution is -2.22. The van der Waals surface area contributed by atoms with E-state index in [9.17, 15) is 0 Å². The summed E-state index contributed by atoms with van der Waals surface area (Å²) < 4.78 is 16.2. The van der Waals surface area contributed by atoms with Gasteiger partial charge in [0.05, 0.1) is 14.2 Å². The number of ether oxygens (including phenoxy) is 3. The normalized spacial score (nSPS) is 12.6. The molecule has 1 aromatic carbocycles. The standard InChI is InChI=1S/C13H21NO3/c1-9-7-12(16-5)10(8-11(9)15-4)13(17-6)14(2)3/h7-8,13H,1-6H3. The smallest absolute Gasteiger partial charge is 0.139 e. The maximum Gasteiger partial charge on any atom is 0.139 e. The molecule has 0 aromatic heterocycles. The topological polar surface area (TPSA) is 30.9 Å². The molecule has 4 nitrogen and oxygen atoms in total. The van der Waals surface area contributed by atoms with Crippen LogP contribution >= 0.6 is 0 Å². The summed E-state index contributed by atoms with van der Waals surface area (Å²) in [7, 11) is 8.92. The van der Waals surface area contributed by atoms with E-state index >= 15 is 0 Å². The van der Waals surface area contributed by atoms with Crippen LogP contribution < -0.4 is 9.47 Å². The summed E-state index contributed by atoms with van der Waals surface area (Å²) in [6.45, 7) is 1.99. The van der Waals surface area contributed by atoms with E-state index in [1.807, 2.05) is 38.1 Å². The average molecular weight is 239 g/mol. The number of aryl methyl sites for hydroxylation is 1. The number of methoxy groups -OCH3 is 3. The molecule has 1 aromatic rings. The molecular weight excluding hydrogens is 218 g/mol. The zero-order valence-electron chi connectivity index (χ0n) is 11.4. The minimum atomic E-state index is -0.153. The predicted octanol–water partition coefficient (Wildman–Crippen LogP) is 2.22. The largest absolute Gasteiger partial charge is 0.496 e. The van der Waals surface area contributed by atoms with Gasteiger partial charge in [-0.25, -0.2) is 0 Å². The maximum atomic E-state index is 5.47. The second-order valence-corrected chi connectivity index (χ2v) is 4.12. The minimum Gasteiger partial charge on any atom is -0.496 e. The van der Waals surface area contributed by atoms with Crippen molar-refractivity contribution in [3.63, 3.8) is 0 Å². The van der Waals surface area contributed by atoms with Gasteiger partial charge in [0, 0.05) is 12.7 Å².